The minimum Gasteiger partial charge on any atom is -0.370 e. The third-order valence-corrected chi connectivity index (χ3v) is 3.87. The van der Waals surface area contributed by atoms with Crippen LogP contribution in [-0.2, 0) is 0 Å². The Morgan fingerprint density at radius 2 is 2.00 bits per heavy atom. The van der Waals surface area contributed by atoms with Crippen molar-refractivity contribution >= 4 is 28.7 Å². The second-order valence-electron chi connectivity index (χ2n) is 4.06. The summed E-state index contributed by atoms with van der Waals surface area (Å²) in [6.07, 6.45) is 2.31. The van der Waals surface area contributed by atoms with Crippen LogP contribution in [0.2, 0.25) is 0 Å². The number of benzene rings is 1. The van der Waals surface area contributed by atoms with Gasteiger partial charge in [0, 0.05) is 24.2 Å². The molecule has 2 aromatic rings. The van der Waals surface area contributed by atoms with Gasteiger partial charge in [-0.15, -0.1) is 11.3 Å². The zero-order chi connectivity index (χ0) is 11.0. The van der Waals surface area contributed by atoms with E-state index in [9.17, 15) is 0 Å². The molecule has 2 heteroatoms. The highest BCUT2D eigenvalue weighted by atomic mass is 32.1. The van der Waals surface area contributed by atoms with Crippen LogP contribution < -0.4 is 4.90 Å². The van der Waals surface area contributed by atoms with Crippen molar-refractivity contribution in [3.63, 3.8) is 0 Å². The fraction of sp³-hybridized carbons (Fsp3) is 0.143. The zero-order valence-corrected chi connectivity index (χ0v) is 10.00. The molecule has 16 heavy (non-hydrogen) atoms. The fourth-order valence-electron chi connectivity index (χ4n) is 2.14. The minimum absolute atomic E-state index is 0.998. The van der Waals surface area contributed by atoms with E-state index in [4.69, 9.17) is 0 Å². The first kappa shape index (κ1) is 9.67. The SMILES string of the molecule is CN1CC(c2cccs2)=Cc2ccccc21. The molecule has 1 aliphatic heterocycles. The average Bonchev–Trinajstić information content (AvgIpc) is 2.82. The van der Waals surface area contributed by atoms with Crippen molar-refractivity contribution in [3.05, 3.63) is 52.2 Å². The molecule has 0 saturated carbocycles. The summed E-state index contributed by atoms with van der Waals surface area (Å²) in [4.78, 5) is 3.69. The summed E-state index contributed by atoms with van der Waals surface area (Å²) in [7, 11) is 2.15. The lowest BCUT2D eigenvalue weighted by Crippen LogP contribution is -2.22. The number of hydrogen-bond donors (Lipinski definition) is 0. The molecule has 0 bridgehead atoms. The number of thiophene rings is 1. The molecule has 0 unspecified atom stereocenters. The van der Waals surface area contributed by atoms with Gasteiger partial charge >= 0.3 is 0 Å². The van der Waals surface area contributed by atoms with E-state index in [1.54, 1.807) is 0 Å². The van der Waals surface area contributed by atoms with E-state index in [0.717, 1.165) is 6.54 Å². The van der Waals surface area contributed by atoms with Crippen LogP contribution in [0.5, 0.6) is 0 Å². The predicted octanol–water partition coefficient (Wildman–Crippen LogP) is 3.74. The van der Waals surface area contributed by atoms with E-state index in [0.29, 0.717) is 0 Å². The number of rotatable bonds is 1. The van der Waals surface area contributed by atoms with Gasteiger partial charge in [0.2, 0.25) is 0 Å². The van der Waals surface area contributed by atoms with Gasteiger partial charge in [-0.25, -0.2) is 0 Å². The van der Waals surface area contributed by atoms with Gasteiger partial charge in [0.25, 0.3) is 0 Å². The van der Waals surface area contributed by atoms with Crippen LogP contribution in [0, 0.1) is 0 Å². The molecule has 0 aliphatic carbocycles. The van der Waals surface area contributed by atoms with E-state index in [1.165, 1.54) is 21.7 Å². The van der Waals surface area contributed by atoms with Crippen molar-refractivity contribution in [1.29, 1.82) is 0 Å². The van der Waals surface area contributed by atoms with Crippen LogP contribution in [0.25, 0.3) is 11.6 Å². The van der Waals surface area contributed by atoms with Gasteiger partial charge in [0.15, 0.2) is 0 Å². The maximum atomic E-state index is 2.31. The largest absolute Gasteiger partial charge is 0.370 e. The van der Waals surface area contributed by atoms with Crippen molar-refractivity contribution in [2.24, 2.45) is 0 Å². The zero-order valence-electron chi connectivity index (χ0n) is 9.18. The van der Waals surface area contributed by atoms with Crippen LogP contribution in [0.1, 0.15) is 10.4 Å². The number of hydrogen-bond acceptors (Lipinski definition) is 2. The lowest BCUT2D eigenvalue weighted by atomic mass is 10.0. The van der Waals surface area contributed by atoms with Crippen molar-refractivity contribution in [2.75, 3.05) is 18.5 Å². The molecule has 1 nitrogen and oxygen atoms in total. The molecule has 0 saturated heterocycles. The first-order chi connectivity index (χ1) is 7.84. The molecule has 0 N–H and O–H groups in total. The first-order valence-corrected chi connectivity index (χ1v) is 6.27. The molecule has 1 aromatic carbocycles. The van der Waals surface area contributed by atoms with E-state index < -0.39 is 0 Å². The molecule has 0 amide bonds. The fourth-order valence-corrected chi connectivity index (χ4v) is 2.88. The van der Waals surface area contributed by atoms with E-state index in [-0.39, 0.29) is 0 Å². The molecule has 0 fully saturated rings. The summed E-state index contributed by atoms with van der Waals surface area (Å²) in [5.41, 5.74) is 4.05. The maximum Gasteiger partial charge on any atom is 0.0440 e. The number of fused-ring (bicyclic) bond motifs is 1. The topological polar surface area (TPSA) is 3.24 Å². The van der Waals surface area contributed by atoms with Gasteiger partial charge in [-0.05, 0) is 34.7 Å². The van der Waals surface area contributed by atoms with Gasteiger partial charge in [-0.3, -0.25) is 0 Å². The van der Waals surface area contributed by atoms with Crippen LogP contribution in [0.3, 0.4) is 0 Å². The smallest absolute Gasteiger partial charge is 0.0440 e. The quantitative estimate of drug-likeness (QED) is 0.717. The molecular formula is C14H13NS. The van der Waals surface area contributed by atoms with Gasteiger partial charge in [-0.1, -0.05) is 24.3 Å². The monoisotopic (exact) mass is 227 g/mol. The molecule has 0 radical (unpaired) electrons. The van der Waals surface area contributed by atoms with E-state index in [2.05, 4.69) is 59.8 Å². The summed E-state index contributed by atoms with van der Waals surface area (Å²) in [5, 5.41) is 2.14. The van der Waals surface area contributed by atoms with Gasteiger partial charge in [0.05, 0.1) is 0 Å². The van der Waals surface area contributed by atoms with Crippen LogP contribution in [0.4, 0.5) is 5.69 Å². The third kappa shape index (κ3) is 1.55. The second-order valence-corrected chi connectivity index (χ2v) is 5.01. The Morgan fingerprint density at radius 1 is 1.12 bits per heavy atom. The van der Waals surface area contributed by atoms with E-state index in [1.807, 2.05) is 11.3 Å². The minimum atomic E-state index is 0.998. The standard InChI is InChI=1S/C14H13NS/c1-15-10-12(14-7-4-8-16-14)9-11-5-2-3-6-13(11)15/h2-9H,10H2,1H3. The number of anilines is 1. The molecule has 0 spiro atoms. The summed E-state index contributed by atoms with van der Waals surface area (Å²) in [5.74, 6) is 0. The second kappa shape index (κ2) is 3.80. The van der Waals surface area contributed by atoms with Crippen LogP contribution in [-0.4, -0.2) is 13.6 Å². The molecule has 2 heterocycles. The Balaban J connectivity index is 2.10. The lowest BCUT2D eigenvalue weighted by molar-refractivity contribution is 1.03. The highest BCUT2D eigenvalue weighted by Gasteiger charge is 2.15. The van der Waals surface area contributed by atoms with Crippen molar-refractivity contribution < 1.29 is 0 Å². The maximum absolute atomic E-state index is 2.31. The van der Waals surface area contributed by atoms with Crippen molar-refractivity contribution in [2.45, 2.75) is 0 Å². The summed E-state index contributed by atoms with van der Waals surface area (Å²) in [6.45, 7) is 0.998. The van der Waals surface area contributed by atoms with Crippen LogP contribution >= 0.6 is 11.3 Å². The molecule has 3 rings (SSSR count). The van der Waals surface area contributed by atoms with Gasteiger partial charge in [0.1, 0.15) is 0 Å². The third-order valence-electron chi connectivity index (χ3n) is 2.92. The normalized spacial score (nSPS) is 14.6. The van der Waals surface area contributed by atoms with Crippen molar-refractivity contribution in [1.82, 2.24) is 0 Å². The number of likely N-dealkylation sites (N-methyl/N-ethyl adjacent to an activating group) is 1. The van der Waals surface area contributed by atoms with Crippen LogP contribution in [0.15, 0.2) is 41.8 Å². The summed E-state index contributed by atoms with van der Waals surface area (Å²) < 4.78 is 0. The van der Waals surface area contributed by atoms with Gasteiger partial charge in [-0.2, -0.15) is 0 Å². The Bertz CT molecular complexity index is 525. The summed E-state index contributed by atoms with van der Waals surface area (Å²) >= 11 is 1.81. The summed E-state index contributed by atoms with van der Waals surface area (Å²) in [6, 6.07) is 12.9. The first-order valence-electron chi connectivity index (χ1n) is 5.39. The highest BCUT2D eigenvalue weighted by molar-refractivity contribution is 7.11. The molecule has 1 aliphatic rings. The number of nitrogens with zero attached hydrogens (tertiary/aromatic N) is 1. The Kier molecular flexibility index (Phi) is 2.29. The average molecular weight is 227 g/mol. The molecule has 1 aromatic heterocycles. The highest BCUT2D eigenvalue weighted by Crippen LogP contribution is 2.32. The van der Waals surface area contributed by atoms with Crippen molar-refractivity contribution in [3.8, 4) is 0 Å². The Labute approximate surface area is 99.7 Å². The van der Waals surface area contributed by atoms with E-state index >= 15 is 0 Å². The molecular weight excluding hydrogens is 214 g/mol. The van der Waals surface area contributed by atoms with Gasteiger partial charge < -0.3 is 4.90 Å². The lowest BCUT2D eigenvalue weighted by Gasteiger charge is -2.27. The Hall–Kier alpha value is -1.54. The molecule has 80 valence electrons. The predicted molar refractivity (Wildman–Crippen MR) is 71.9 cm³/mol. The number of para-hydroxylation sites is 1. The molecule has 0 atom stereocenters. The Morgan fingerprint density at radius 3 is 2.81 bits per heavy atom.